The summed E-state index contributed by atoms with van der Waals surface area (Å²) in [5.74, 6) is -1.65. The molecule has 5 heteroatoms. The third-order valence-electron chi connectivity index (χ3n) is 2.82. The van der Waals surface area contributed by atoms with Crippen LogP contribution in [0.3, 0.4) is 0 Å². The van der Waals surface area contributed by atoms with E-state index in [1.165, 1.54) is 0 Å². The van der Waals surface area contributed by atoms with E-state index in [9.17, 15) is 9.59 Å². The van der Waals surface area contributed by atoms with Gasteiger partial charge in [0.05, 0.1) is 5.92 Å². The fourth-order valence-electron chi connectivity index (χ4n) is 0.796. The molecule has 0 rings (SSSR count). The minimum Gasteiger partial charge on any atom is -0.481 e. The molecule has 0 aliphatic heterocycles. The lowest BCUT2D eigenvalue weighted by Crippen LogP contribution is -2.40. The van der Waals surface area contributed by atoms with Crippen molar-refractivity contribution in [3.8, 4) is 0 Å². The van der Waals surface area contributed by atoms with Gasteiger partial charge in [0, 0.05) is 6.04 Å². The number of nitrogens with zero attached hydrogens (tertiary/aromatic N) is 1. The van der Waals surface area contributed by atoms with Crippen LogP contribution in [0.15, 0.2) is 0 Å². The second-order valence-corrected chi connectivity index (χ2v) is 4.42. The van der Waals surface area contributed by atoms with Crippen molar-refractivity contribution in [3.63, 3.8) is 0 Å². The molecule has 0 heterocycles. The van der Waals surface area contributed by atoms with Crippen LogP contribution in [0, 0.1) is 5.92 Å². The second-order valence-electron chi connectivity index (χ2n) is 4.42. The van der Waals surface area contributed by atoms with E-state index >= 15 is 0 Å². The van der Waals surface area contributed by atoms with E-state index in [0.29, 0.717) is 0 Å². The van der Waals surface area contributed by atoms with Gasteiger partial charge in [-0.3, -0.25) is 14.5 Å². The number of hydrogen-bond acceptors (Lipinski definition) is 3. The van der Waals surface area contributed by atoms with Gasteiger partial charge in [0.1, 0.15) is 6.04 Å². The fraction of sp³-hybridized carbons (Fsp3) is 0.833. The number of likely N-dealkylation sites (N-methyl/N-ethyl adjacent to an activating group) is 1. The predicted molar refractivity (Wildman–Crippen MR) is 67.1 cm³/mol. The van der Waals surface area contributed by atoms with Crippen LogP contribution >= 0.6 is 0 Å². The lowest BCUT2D eigenvalue weighted by molar-refractivity contribution is -0.143. The van der Waals surface area contributed by atoms with Crippen LogP contribution in [0.1, 0.15) is 41.0 Å². The average molecular weight is 247 g/mol. The highest BCUT2D eigenvalue weighted by atomic mass is 16.4. The Hall–Kier alpha value is -1.10. The first kappa shape index (κ1) is 18.3. The van der Waals surface area contributed by atoms with Gasteiger partial charge in [-0.25, -0.2) is 0 Å². The zero-order valence-corrected chi connectivity index (χ0v) is 11.6. The molecule has 0 bridgehead atoms. The smallest absolute Gasteiger partial charge is 0.320 e. The summed E-state index contributed by atoms with van der Waals surface area (Å²) < 4.78 is 0. The van der Waals surface area contributed by atoms with Gasteiger partial charge in [0.2, 0.25) is 0 Å². The van der Waals surface area contributed by atoms with E-state index in [-0.39, 0.29) is 18.0 Å². The zero-order chi connectivity index (χ0) is 14.2. The molecule has 17 heavy (non-hydrogen) atoms. The van der Waals surface area contributed by atoms with Crippen molar-refractivity contribution in [1.29, 1.82) is 0 Å². The van der Waals surface area contributed by atoms with Gasteiger partial charge in [-0.2, -0.15) is 0 Å². The molecule has 0 spiro atoms. The molecule has 2 atom stereocenters. The summed E-state index contributed by atoms with van der Waals surface area (Å²) in [6.45, 7) is 9.18. The molecule has 2 N–H and O–H groups in total. The summed E-state index contributed by atoms with van der Waals surface area (Å²) in [5, 5.41) is 16.7. The molecule has 0 saturated heterocycles. The number of carboxylic acids is 2. The Morgan fingerprint density at radius 3 is 1.53 bits per heavy atom. The number of aliphatic carboxylic acids is 2. The molecule has 0 saturated carbocycles. The van der Waals surface area contributed by atoms with Gasteiger partial charge in [-0.05, 0) is 34.2 Å². The fourth-order valence-corrected chi connectivity index (χ4v) is 0.796. The van der Waals surface area contributed by atoms with Crippen LogP contribution in [-0.2, 0) is 9.59 Å². The molecule has 0 fully saturated rings. The van der Waals surface area contributed by atoms with E-state index in [1.807, 2.05) is 32.7 Å². The van der Waals surface area contributed by atoms with Crippen molar-refractivity contribution >= 4 is 11.9 Å². The largest absolute Gasteiger partial charge is 0.481 e. The molecule has 5 nitrogen and oxygen atoms in total. The molecule has 0 unspecified atom stereocenters. The zero-order valence-electron chi connectivity index (χ0n) is 11.6. The van der Waals surface area contributed by atoms with E-state index in [2.05, 4.69) is 0 Å². The Morgan fingerprint density at radius 2 is 1.47 bits per heavy atom. The maximum absolute atomic E-state index is 10.4. The standard InChI is InChI=1S/C7H15NO2.C5H10O2/c1-5(2)8(4)6(3)7(9)10;1-3-4(2)5(6)7/h5-6H,1-4H3,(H,9,10);4H,3H2,1-2H3,(H,6,7)/t6-;4-/m10/s1. The Balaban J connectivity index is 0. The average Bonchev–Trinajstić information content (AvgIpc) is 2.26. The number of carbonyl (C=O) groups is 2. The molecule has 0 amide bonds. The Bertz CT molecular complexity index is 241. The highest BCUT2D eigenvalue weighted by Crippen LogP contribution is 2.00. The maximum atomic E-state index is 10.4. The summed E-state index contributed by atoms with van der Waals surface area (Å²) in [5.41, 5.74) is 0. The van der Waals surface area contributed by atoms with Crippen LogP contribution in [0.2, 0.25) is 0 Å². The van der Waals surface area contributed by atoms with E-state index in [1.54, 1.807) is 13.8 Å². The molecule has 102 valence electrons. The van der Waals surface area contributed by atoms with Gasteiger partial charge in [-0.1, -0.05) is 13.8 Å². The maximum Gasteiger partial charge on any atom is 0.320 e. The molecule has 0 aromatic carbocycles. The SMILES string of the molecule is CC(C)N(C)[C@H](C)C(=O)O.CC[C@H](C)C(=O)O. The topological polar surface area (TPSA) is 77.8 Å². The lowest BCUT2D eigenvalue weighted by atomic mass is 10.1. The molecular formula is C12H25NO4. The summed E-state index contributed by atoms with van der Waals surface area (Å²) in [4.78, 5) is 22.1. The van der Waals surface area contributed by atoms with Crippen LogP contribution in [0.25, 0.3) is 0 Å². The first-order valence-corrected chi connectivity index (χ1v) is 5.82. The van der Waals surface area contributed by atoms with Crippen molar-refractivity contribution in [1.82, 2.24) is 4.90 Å². The van der Waals surface area contributed by atoms with Gasteiger partial charge in [0.25, 0.3) is 0 Å². The quantitative estimate of drug-likeness (QED) is 0.776. The first-order valence-electron chi connectivity index (χ1n) is 5.82. The van der Waals surface area contributed by atoms with Crippen LogP contribution in [0.5, 0.6) is 0 Å². The Labute approximate surface area is 103 Å². The molecular weight excluding hydrogens is 222 g/mol. The van der Waals surface area contributed by atoms with Gasteiger partial charge < -0.3 is 10.2 Å². The predicted octanol–water partition coefficient (Wildman–Crippen LogP) is 1.92. The Kier molecular flexibility index (Phi) is 9.66. The summed E-state index contributed by atoms with van der Waals surface area (Å²) in [6.07, 6.45) is 0.718. The third kappa shape index (κ3) is 8.68. The minimum absolute atomic E-state index is 0.181. The number of carboxylic acid groups (broad SMARTS) is 2. The summed E-state index contributed by atoms with van der Waals surface area (Å²) in [7, 11) is 1.81. The lowest BCUT2D eigenvalue weighted by Gasteiger charge is -2.24. The monoisotopic (exact) mass is 247 g/mol. The Morgan fingerprint density at radius 1 is 1.06 bits per heavy atom. The molecule has 0 aliphatic carbocycles. The van der Waals surface area contributed by atoms with Crippen molar-refractivity contribution < 1.29 is 19.8 Å². The van der Waals surface area contributed by atoms with Crippen molar-refractivity contribution in [2.75, 3.05) is 7.05 Å². The normalized spacial score (nSPS) is 13.9. The van der Waals surface area contributed by atoms with E-state index in [0.717, 1.165) is 6.42 Å². The summed E-state index contributed by atoms with van der Waals surface area (Å²) >= 11 is 0. The van der Waals surface area contributed by atoms with Crippen LogP contribution in [-0.4, -0.2) is 46.2 Å². The van der Waals surface area contributed by atoms with Gasteiger partial charge in [-0.15, -0.1) is 0 Å². The minimum atomic E-state index is -0.767. The molecule has 0 aliphatic rings. The van der Waals surface area contributed by atoms with Gasteiger partial charge >= 0.3 is 11.9 Å². The van der Waals surface area contributed by atoms with Gasteiger partial charge in [0.15, 0.2) is 0 Å². The van der Waals surface area contributed by atoms with E-state index < -0.39 is 11.9 Å². The first-order chi connectivity index (χ1) is 7.64. The molecule has 0 aromatic heterocycles. The molecule has 0 aromatic rings. The molecule has 0 radical (unpaired) electrons. The third-order valence-corrected chi connectivity index (χ3v) is 2.82. The highest BCUT2D eigenvalue weighted by molar-refractivity contribution is 5.72. The van der Waals surface area contributed by atoms with Crippen LogP contribution < -0.4 is 0 Å². The van der Waals surface area contributed by atoms with E-state index in [4.69, 9.17) is 10.2 Å². The van der Waals surface area contributed by atoms with Crippen molar-refractivity contribution in [2.24, 2.45) is 5.92 Å². The summed E-state index contributed by atoms with van der Waals surface area (Å²) in [6, 6.07) is -0.105. The van der Waals surface area contributed by atoms with Crippen LogP contribution in [0.4, 0.5) is 0 Å². The number of rotatable bonds is 5. The van der Waals surface area contributed by atoms with Crippen molar-refractivity contribution in [2.45, 2.75) is 53.1 Å². The highest BCUT2D eigenvalue weighted by Gasteiger charge is 2.18. The number of hydrogen-bond donors (Lipinski definition) is 2. The van der Waals surface area contributed by atoms with Crippen molar-refractivity contribution in [3.05, 3.63) is 0 Å². The second kappa shape index (κ2) is 8.98.